The first kappa shape index (κ1) is 20.2. The van der Waals surface area contributed by atoms with Crippen LogP contribution in [0.4, 0.5) is 17.3 Å². The molecule has 3 aromatic rings. The van der Waals surface area contributed by atoms with Gasteiger partial charge in [0.05, 0.1) is 5.56 Å². The predicted molar refractivity (Wildman–Crippen MR) is 115 cm³/mol. The van der Waals surface area contributed by atoms with Crippen LogP contribution in [0.5, 0.6) is 0 Å². The van der Waals surface area contributed by atoms with Crippen LogP contribution in [-0.4, -0.2) is 21.7 Å². The SMILES string of the molecule is CCc1cccc(CC)c1Nc1ncc(C(=O)Nc2ccc(C(C)=O)cc2)cn1. The van der Waals surface area contributed by atoms with E-state index in [1.165, 1.54) is 30.4 Å². The minimum atomic E-state index is -0.310. The van der Waals surface area contributed by atoms with E-state index < -0.39 is 0 Å². The van der Waals surface area contributed by atoms with Gasteiger partial charge in [-0.3, -0.25) is 9.59 Å². The van der Waals surface area contributed by atoms with E-state index in [-0.39, 0.29) is 11.7 Å². The summed E-state index contributed by atoms with van der Waals surface area (Å²) in [5.74, 6) is 0.119. The van der Waals surface area contributed by atoms with Gasteiger partial charge in [-0.2, -0.15) is 0 Å². The molecular weight excluding hydrogens is 364 g/mol. The lowest BCUT2D eigenvalue weighted by Crippen LogP contribution is -2.13. The van der Waals surface area contributed by atoms with Crippen molar-refractivity contribution in [2.24, 2.45) is 0 Å². The highest BCUT2D eigenvalue weighted by molar-refractivity contribution is 6.04. The number of hydrogen-bond donors (Lipinski definition) is 2. The molecule has 3 rings (SSSR count). The molecule has 0 unspecified atom stereocenters. The molecule has 0 atom stereocenters. The molecule has 0 spiro atoms. The normalized spacial score (nSPS) is 10.4. The lowest BCUT2D eigenvalue weighted by atomic mass is 10.0. The minimum absolute atomic E-state index is 0.0183. The third kappa shape index (κ3) is 4.85. The Morgan fingerprint density at radius 3 is 1.97 bits per heavy atom. The second-order valence-electron chi connectivity index (χ2n) is 6.67. The lowest BCUT2D eigenvalue weighted by Gasteiger charge is -2.14. The highest BCUT2D eigenvalue weighted by atomic mass is 16.1. The molecule has 2 aromatic carbocycles. The van der Waals surface area contributed by atoms with Gasteiger partial charge in [-0.1, -0.05) is 32.0 Å². The number of rotatable bonds is 7. The van der Waals surface area contributed by atoms with Crippen LogP contribution in [0.25, 0.3) is 0 Å². The summed E-state index contributed by atoms with van der Waals surface area (Å²) >= 11 is 0. The monoisotopic (exact) mass is 388 g/mol. The van der Waals surface area contributed by atoms with Crippen LogP contribution in [0.1, 0.15) is 52.6 Å². The molecule has 148 valence electrons. The summed E-state index contributed by atoms with van der Waals surface area (Å²) in [5.41, 5.74) is 4.98. The van der Waals surface area contributed by atoms with Gasteiger partial charge >= 0.3 is 0 Å². The lowest BCUT2D eigenvalue weighted by molar-refractivity contribution is 0.101. The molecule has 0 radical (unpaired) electrons. The van der Waals surface area contributed by atoms with Crippen LogP contribution in [0.3, 0.4) is 0 Å². The second-order valence-corrected chi connectivity index (χ2v) is 6.67. The summed E-state index contributed by atoms with van der Waals surface area (Å²) in [7, 11) is 0. The molecule has 0 aliphatic heterocycles. The van der Waals surface area contributed by atoms with E-state index in [2.05, 4.69) is 52.6 Å². The molecule has 0 saturated carbocycles. The summed E-state index contributed by atoms with van der Waals surface area (Å²) in [6.45, 7) is 5.72. The van der Waals surface area contributed by atoms with Crippen molar-refractivity contribution < 1.29 is 9.59 Å². The van der Waals surface area contributed by atoms with Gasteiger partial charge < -0.3 is 10.6 Å². The van der Waals surface area contributed by atoms with E-state index in [1.807, 2.05) is 0 Å². The van der Waals surface area contributed by atoms with Crippen molar-refractivity contribution in [3.8, 4) is 0 Å². The Hall–Kier alpha value is -3.54. The first-order chi connectivity index (χ1) is 14.0. The Morgan fingerprint density at radius 1 is 0.862 bits per heavy atom. The standard InChI is InChI=1S/C23H24N4O2/c1-4-16-7-6-8-17(5-2)21(16)27-23-24-13-19(14-25-23)22(29)26-20-11-9-18(10-12-20)15(3)28/h6-14H,4-5H2,1-3H3,(H,26,29)(H,24,25,27). The first-order valence-electron chi connectivity index (χ1n) is 9.64. The number of para-hydroxylation sites is 1. The number of amides is 1. The number of anilines is 3. The molecule has 0 saturated heterocycles. The molecule has 6 heteroatoms. The number of aromatic nitrogens is 2. The first-order valence-corrected chi connectivity index (χ1v) is 9.64. The van der Waals surface area contributed by atoms with Gasteiger partial charge in [0.2, 0.25) is 5.95 Å². The average molecular weight is 388 g/mol. The van der Waals surface area contributed by atoms with Crippen molar-refractivity contribution in [1.82, 2.24) is 9.97 Å². The van der Waals surface area contributed by atoms with Crippen LogP contribution in [0, 0.1) is 0 Å². The van der Waals surface area contributed by atoms with E-state index in [4.69, 9.17) is 0 Å². The summed E-state index contributed by atoms with van der Waals surface area (Å²) < 4.78 is 0. The van der Waals surface area contributed by atoms with Crippen LogP contribution in [0.15, 0.2) is 54.9 Å². The second kappa shape index (κ2) is 9.10. The fourth-order valence-electron chi connectivity index (χ4n) is 3.02. The number of ketones is 1. The Labute approximate surface area is 170 Å². The van der Waals surface area contributed by atoms with Crippen LogP contribution in [-0.2, 0) is 12.8 Å². The van der Waals surface area contributed by atoms with Gasteiger partial charge in [0.25, 0.3) is 5.91 Å². The molecule has 0 fully saturated rings. The Kier molecular flexibility index (Phi) is 6.34. The third-order valence-corrected chi connectivity index (χ3v) is 4.70. The molecule has 0 aliphatic rings. The van der Waals surface area contributed by atoms with Gasteiger partial charge in [-0.15, -0.1) is 0 Å². The number of aryl methyl sites for hydroxylation is 2. The fraction of sp³-hybridized carbons (Fsp3) is 0.217. The molecule has 0 aliphatic carbocycles. The molecule has 1 amide bonds. The fourth-order valence-corrected chi connectivity index (χ4v) is 3.02. The number of nitrogens with zero attached hydrogens (tertiary/aromatic N) is 2. The van der Waals surface area contributed by atoms with Crippen LogP contribution >= 0.6 is 0 Å². The minimum Gasteiger partial charge on any atom is -0.324 e. The van der Waals surface area contributed by atoms with Gasteiger partial charge in [-0.05, 0) is 55.2 Å². The number of benzene rings is 2. The number of hydrogen-bond acceptors (Lipinski definition) is 5. The van der Waals surface area contributed by atoms with Crippen molar-refractivity contribution in [3.63, 3.8) is 0 Å². The summed E-state index contributed by atoms with van der Waals surface area (Å²) in [6.07, 6.45) is 4.79. The average Bonchev–Trinajstić information content (AvgIpc) is 2.74. The predicted octanol–water partition coefficient (Wildman–Crippen LogP) is 4.80. The maximum absolute atomic E-state index is 12.4. The summed E-state index contributed by atoms with van der Waals surface area (Å²) in [4.78, 5) is 32.4. The van der Waals surface area contributed by atoms with E-state index in [0.717, 1.165) is 18.5 Å². The Morgan fingerprint density at radius 2 is 1.45 bits per heavy atom. The molecule has 29 heavy (non-hydrogen) atoms. The van der Waals surface area contributed by atoms with Crippen molar-refractivity contribution in [2.45, 2.75) is 33.6 Å². The summed E-state index contributed by atoms with van der Waals surface area (Å²) in [6, 6.07) is 13.0. The smallest absolute Gasteiger partial charge is 0.258 e. The molecule has 6 nitrogen and oxygen atoms in total. The largest absolute Gasteiger partial charge is 0.324 e. The third-order valence-electron chi connectivity index (χ3n) is 4.70. The highest BCUT2D eigenvalue weighted by Gasteiger charge is 2.11. The molecule has 1 aromatic heterocycles. The molecule has 1 heterocycles. The van der Waals surface area contributed by atoms with E-state index in [9.17, 15) is 9.59 Å². The van der Waals surface area contributed by atoms with E-state index >= 15 is 0 Å². The van der Waals surface area contributed by atoms with Gasteiger partial charge in [0.15, 0.2) is 5.78 Å². The highest BCUT2D eigenvalue weighted by Crippen LogP contribution is 2.25. The maximum Gasteiger partial charge on any atom is 0.258 e. The maximum atomic E-state index is 12.4. The number of Topliss-reactive ketones (excluding diaryl/α,β-unsaturated/α-hetero) is 1. The zero-order chi connectivity index (χ0) is 20.8. The number of carbonyl (C=O) groups excluding carboxylic acids is 2. The van der Waals surface area contributed by atoms with Crippen LogP contribution in [0.2, 0.25) is 0 Å². The van der Waals surface area contributed by atoms with E-state index in [0.29, 0.717) is 22.8 Å². The van der Waals surface area contributed by atoms with Gasteiger partial charge in [0, 0.05) is 29.3 Å². The Bertz CT molecular complexity index is 990. The zero-order valence-electron chi connectivity index (χ0n) is 16.8. The summed E-state index contributed by atoms with van der Waals surface area (Å²) in [5, 5.41) is 6.07. The topological polar surface area (TPSA) is 84.0 Å². The van der Waals surface area contributed by atoms with E-state index in [1.54, 1.807) is 24.3 Å². The number of nitrogens with one attached hydrogen (secondary N) is 2. The molecule has 2 N–H and O–H groups in total. The molecular formula is C23H24N4O2. The molecule has 0 bridgehead atoms. The van der Waals surface area contributed by atoms with Gasteiger partial charge in [-0.25, -0.2) is 9.97 Å². The quantitative estimate of drug-likeness (QED) is 0.568. The van der Waals surface area contributed by atoms with Gasteiger partial charge in [0.1, 0.15) is 0 Å². The Balaban J connectivity index is 1.72. The number of carbonyl (C=O) groups is 2. The van der Waals surface area contributed by atoms with Crippen molar-refractivity contribution in [1.29, 1.82) is 0 Å². The van der Waals surface area contributed by atoms with Crippen molar-refractivity contribution in [3.05, 3.63) is 77.1 Å². The van der Waals surface area contributed by atoms with Crippen molar-refractivity contribution in [2.75, 3.05) is 10.6 Å². The zero-order valence-corrected chi connectivity index (χ0v) is 16.8. The van der Waals surface area contributed by atoms with Crippen LogP contribution < -0.4 is 10.6 Å². The van der Waals surface area contributed by atoms with Crippen molar-refractivity contribution >= 4 is 29.0 Å².